The van der Waals surface area contributed by atoms with Crippen molar-refractivity contribution in [2.45, 2.75) is 6.42 Å². The van der Waals surface area contributed by atoms with Crippen LogP contribution in [0.1, 0.15) is 5.56 Å². The molecule has 0 bridgehead atoms. The summed E-state index contributed by atoms with van der Waals surface area (Å²) in [7, 11) is 3.08. The van der Waals surface area contributed by atoms with Crippen LogP contribution in [0.2, 0.25) is 0 Å². The van der Waals surface area contributed by atoms with Gasteiger partial charge in [0.2, 0.25) is 5.91 Å². The Morgan fingerprint density at radius 2 is 2.09 bits per heavy atom. The van der Waals surface area contributed by atoms with Gasteiger partial charge in [0.25, 0.3) is 0 Å². The number of anilines is 1. The summed E-state index contributed by atoms with van der Waals surface area (Å²) in [5, 5.41) is 2.62. The molecule has 0 saturated carbocycles. The van der Waals surface area contributed by atoms with Crippen LogP contribution in [0.3, 0.4) is 0 Å². The quantitative estimate of drug-likeness (QED) is 0.880. The summed E-state index contributed by atoms with van der Waals surface area (Å²) >= 11 is 3.15. The molecule has 22 heavy (non-hydrogen) atoms. The Morgan fingerprint density at radius 1 is 1.32 bits per heavy atom. The number of carbonyl (C=O) groups excluding carboxylic acids is 1. The highest BCUT2D eigenvalue weighted by molar-refractivity contribution is 9.10. The second-order valence-electron chi connectivity index (χ2n) is 4.39. The summed E-state index contributed by atoms with van der Waals surface area (Å²) in [4.78, 5) is 15.9. The molecule has 0 aliphatic carbocycles. The molecule has 1 amide bonds. The fourth-order valence-corrected chi connectivity index (χ4v) is 2.27. The lowest BCUT2D eigenvalue weighted by Crippen LogP contribution is -2.16. The molecule has 0 saturated heterocycles. The molecule has 0 aliphatic rings. The number of nitrogens with one attached hydrogen (secondary N) is 1. The third-order valence-corrected chi connectivity index (χ3v) is 3.52. The summed E-state index contributed by atoms with van der Waals surface area (Å²) in [5.41, 5.74) is 0.707. The molecule has 7 heteroatoms. The maximum Gasteiger partial charge on any atom is 0.230 e. The average molecular weight is 369 g/mol. The first-order valence-corrected chi connectivity index (χ1v) is 7.14. The third-order valence-electron chi connectivity index (χ3n) is 2.91. The Labute approximate surface area is 135 Å². The van der Waals surface area contributed by atoms with Crippen molar-refractivity contribution in [3.8, 4) is 11.5 Å². The second-order valence-corrected chi connectivity index (χ2v) is 5.24. The van der Waals surface area contributed by atoms with Crippen LogP contribution in [0.15, 0.2) is 34.9 Å². The number of ether oxygens (including phenoxy) is 2. The Kier molecular flexibility index (Phi) is 5.32. The fraction of sp³-hybridized carbons (Fsp3) is 0.200. The monoisotopic (exact) mass is 368 g/mol. The van der Waals surface area contributed by atoms with Gasteiger partial charge in [0.05, 0.1) is 31.3 Å². The molecule has 0 spiro atoms. The fourth-order valence-electron chi connectivity index (χ4n) is 1.85. The van der Waals surface area contributed by atoms with E-state index < -0.39 is 5.82 Å². The highest BCUT2D eigenvalue weighted by Crippen LogP contribution is 2.26. The zero-order valence-corrected chi connectivity index (χ0v) is 13.6. The van der Waals surface area contributed by atoms with E-state index in [0.29, 0.717) is 21.5 Å². The minimum Gasteiger partial charge on any atom is -0.497 e. The number of hydrogen-bond donors (Lipinski definition) is 1. The van der Waals surface area contributed by atoms with Crippen LogP contribution in [0, 0.1) is 5.82 Å². The van der Waals surface area contributed by atoms with E-state index in [-0.39, 0.29) is 18.1 Å². The largest absolute Gasteiger partial charge is 0.497 e. The van der Waals surface area contributed by atoms with Crippen molar-refractivity contribution in [1.82, 2.24) is 4.98 Å². The molecular formula is C15H14BrFN2O3. The number of methoxy groups -OCH3 is 2. The van der Waals surface area contributed by atoms with Gasteiger partial charge in [-0.05, 0) is 28.1 Å². The van der Waals surface area contributed by atoms with Gasteiger partial charge in [0.1, 0.15) is 23.1 Å². The normalized spacial score (nSPS) is 10.2. The van der Waals surface area contributed by atoms with Gasteiger partial charge in [-0.15, -0.1) is 0 Å². The zero-order valence-electron chi connectivity index (χ0n) is 12.0. The molecule has 5 nitrogen and oxygen atoms in total. The van der Waals surface area contributed by atoms with Gasteiger partial charge in [-0.3, -0.25) is 4.79 Å². The predicted octanol–water partition coefficient (Wildman–Crippen LogP) is 3.18. The highest BCUT2D eigenvalue weighted by atomic mass is 79.9. The first-order chi connectivity index (χ1) is 10.5. The summed E-state index contributed by atoms with van der Waals surface area (Å²) < 4.78 is 23.7. The number of hydrogen-bond acceptors (Lipinski definition) is 4. The molecule has 2 rings (SSSR count). The van der Waals surface area contributed by atoms with Gasteiger partial charge < -0.3 is 14.8 Å². The van der Waals surface area contributed by atoms with Crippen molar-refractivity contribution in [2.75, 3.05) is 19.5 Å². The van der Waals surface area contributed by atoms with E-state index in [1.165, 1.54) is 13.2 Å². The smallest absolute Gasteiger partial charge is 0.230 e. The van der Waals surface area contributed by atoms with Gasteiger partial charge in [-0.25, -0.2) is 9.37 Å². The lowest BCUT2D eigenvalue weighted by molar-refractivity contribution is -0.115. The molecule has 0 unspecified atom stereocenters. The van der Waals surface area contributed by atoms with E-state index in [0.717, 1.165) is 6.20 Å². The van der Waals surface area contributed by atoms with Crippen molar-refractivity contribution in [3.63, 3.8) is 0 Å². The van der Waals surface area contributed by atoms with Gasteiger partial charge in [-0.2, -0.15) is 0 Å². The van der Waals surface area contributed by atoms with E-state index in [9.17, 15) is 9.18 Å². The van der Waals surface area contributed by atoms with E-state index in [1.807, 2.05) is 0 Å². The van der Waals surface area contributed by atoms with Crippen LogP contribution in [-0.2, 0) is 11.2 Å². The zero-order chi connectivity index (χ0) is 16.1. The van der Waals surface area contributed by atoms with Gasteiger partial charge in [0, 0.05) is 11.6 Å². The number of amides is 1. The number of benzene rings is 1. The van der Waals surface area contributed by atoms with Crippen molar-refractivity contribution < 1.29 is 18.7 Å². The lowest BCUT2D eigenvalue weighted by atomic mass is 10.1. The highest BCUT2D eigenvalue weighted by Gasteiger charge is 2.12. The number of pyridine rings is 1. The molecule has 1 aromatic heterocycles. The van der Waals surface area contributed by atoms with E-state index in [4.69, 9.17) is 9.47 Å². The lowest BCUT2D eigenvalue weighted by Gasteiger charge is -2.11. The Balaban J connectivity index is 2.12. The van der Waals surface area contributed by atoms with Crippen molar-refractivity contribution in [2.24, 2.45) is 0 Å². The van der Waals surface area contributed by atoms with Crippen molar-refractivity contribution >= 4 is 27.7 Å². The molecule has 0 fully saturated rings. The standard InChI is InChI=1S/C15H14BrFN2O3/c1-21-11-4-3-9(13(7-11)22-2)5-14(20)19-15-12(16)6-10(17)8-18-15/h3-4,6-8H,5H2,1-2H3,(H,18,19,20). The molecule has 1 aromatic carbocycles. The Morgan fingerprint density at radius 3 is 2.73 bits per heavy atom. The minimum atomic E-state index is -0.485. The molecular weight excluding hydrogens is 355 g/mol. The maximum absolute atomic E-state index is 13.0. The molecule has 116 valence electrons. The number of nitrogens with zero attached hydrogens (tertiary/aromatic N) is 1. The van der Waals surface area contributed by atoms with E-state index in [1.54, 1.807) is 25.3 Å². The van der Waals surface area contributed by atoms with Crippen molar-refractivity contribution in [1.29, 1.82) is 0 Å². The summed E-state index contributed by atoms with van der Waals surface area (Å²) in [5.74, 6) is 0.688. The minimum absolute atomic E-state index is 0.0959. The van der Waals surface area contributed by atoms with E-state index in [2.05, 4.69) is 26.2 Å². The predicted molar refractivity (Wildman–Crippen MR) is 83.8 cm³/mol. The molecule has 0 atom stereocenters. The molecule has 1 N–H and O–H groups in total. The summed E-state index contributed by atoms with van der Waals surface area (Å²) in [6, 6.07) is 6.44. The number of aromatic nitrogens is 1. The maximum atomic E-state index is 13.0. The molecule has 0 aliphatic heterocycles. The van der Waals surface area contributed by atoms with Crippen LogP contribution in [0.5, 0.6) is 11.5 Å². The van der Waals surface area contributed by atoms with E-state index >= 15 is 0 Å². The summed E-state index contributed by atoms with van der Waals surface area (Å²) in [6.07, 6.45) is 1.13. The van der Waals surface area contributed by atoms with Crippen LogP contribution < -0.4 is 14.8 Å². The van der Waals surface area contributed by atoms with Crippen LogP contribution in [0.25, 0.3) is 0 Å². The number of carbonyl (C=O) groups is 1. The molecule has 1 heterocycles. The average Bonchev–Trinajstić information content (AvgIpc) is 2.50. The summed E-state index contributed by atoms with van der Waals surface area (Å²) in [6.45, 7) is 0. The van der Waals surface area contributed by atoms with Gasteiger partial charge in [-0.1, -0.05) is 6.07 Å². The third kappa shape index (κ3) is 3.94. The van der Waals surface area contributed by atoms with Crippen LogP contribution >= 0.6 is 15.9 Å². The second kappa shape index (κ2) is 7.22. The first kappa shape index (κ1) is 16.2. The van der Waals surface area contributed by atoms with Crippen LogP contribution in [-0.4, -0.2) is 25.1 Å². The van der Waals surface area contributed by atoms with Crippen molar-refractivity contribution in [3.05, 3.63) is 46.3 Å². The number of rotatable bonds is 5. The van der Waals surface area contributed by atoms with Gasteiger partial charge in [0.15, 0.2) is 0 Å². The Bertz CT molecular complexity index is 694. The molecule has 0 radical (unpaired) electrons. The van der Waals surface area contributed by atoms with Gasteiger partial charge >= 0.3 is 0 Å². The Hall–Kier alpha value is -2.15. The molecule has 2 aromatic rings. The SMILES string of the molecule is COc1ccc(CC(=O)Nc2ncc(F)cc2Br)c(OC)c1. The van der Waals surface area contributed by atoms with Crippen LogP contribution in [0.4, 0.5) is 10.2 Å². The number of halogens is 2. The topological polar surface area (TPSA) is 60.5 Å². The first-order valence-electron chi connectivity index (χ1n) is 6.35.